The maximum atomic E-state index is 2.44. The summed E-state index contributed by atoms with van der Waals surface area (Å²) in [4.78, 5) is 4.73. The molecule has 0 unspecified atom stereocenters. The van der Waals surface area contributed by atoms with Crippen LogP contribution in [0.15, 0.2) is 437 Å². The predicted molar refractivity (Wildman–Crippen MR) is 489 cm³/mol. The molecule has 0 atom stereocenters. The molecule has 0 aliphatic carbocycles. The number of benzene rings is 18. The van der Waals surface area contributed by atoms with Gasteiger partial charge >= 0.3 is 0 Å². The zero-order valence-electron chi connectivity index (χ0n) is 62.2. The summed E-state index contributed by atoms with van der Waals surface area (Å²) in [5.74, 6) is 0. The van der Waals surface area contributed by atoms with Gasteiger partial charge in [0.05, 0.1) is 31.5 Å². The molecule has 0 saturated heterocycles. The molecule has 536 valence electrons. The van der Waals surface area contributed by atoms with Crippen molar-refractivity contribution < 1.29 is 0 Å². The van der Waals surface area contributed by atoms with Gasteiger partial charge in [-0.2, -0.15) is 0 Å². The van der Waals surface area contributed by atoms with Crippen LogP contribution in [0.5, 0.6) is 0 Å². The van der Waals surface area contributed by atoms with Crippen molar-refractivity contribution >= 4 is 141 Å². The zero-order chi connectivity index (χ0) is 75.4. The Morgan fingerprint density at radius 2 is 0.500 bits per heavy atom. The molecule has 22 aromatic rings. The van der Waals surface area contributed by atoms with Crippen LogP contribution in [0.4, 0.5) is 34.1 Å². The van der Waals surface area contributed by atoms with E-state index in [4.69, 9.17) is 0 Å². The summed E-state index contributed by atoms with van der Waals surface area (Å²) in [6.45, 7) is 0. The minimum absolute atomic E-state index is 1.10. The lowest BCUT2D eigenvalue weighted by atomic mass is 9.98. The minimum atomic E-state index is 1.10. The van der Waals surface area contributed by atoms with Gasteiger partial charge in [0.15, 0.2) is 0 Å². The molecule has 4 nitrogen and oxygen atoms in total. The number of hydrogen-bond acceptors (Lipinski definition) is 4. The second-order valence-electron chi connectivity index (χ2n) is 29.1. The molecule has 0 fully saturated rings. The summed E-state index contributed by atoms with van der Waals surface area (Å²) in [7, 11) is 0. The summed E-state index contributed by atoms with van der Waals surface area (Å²) in [5.41, 5.74) is 28.3. The van der Waals surface area contributed by atoms with Gasteiger partial charge in [-0.25, -0.2) is 0 Å². The van der Waals surface area contributed by atoms with E-state index in [2.05, 4.69) is 456 Å². The number of hydrogen-bond donors (Lipinski definition) is 0. The first-order chi connectivity index (χ1) is 56.5. The Hall–Kier alpha value is -14.4. The van der Waals surface area contributed by atoms with Crippen LogP contribution in [0.3, 0.4) is 0 Å². The van der Waals surface area contributed by atoms with E-state index in [1.807, 2.05) is 22.7 Å². The topological polar surface area (TPSA) is 16.3 Å². The third kappa shape index (κ3) is 12.4. The van der Waals surface area contributed by atoms with Crippen LogP contribution >= 0.6 is 22.7 Å². The van der Waals surface area contributed by atoms with E-state index in [9.17, 15) is 0 Å². The maximum Gasteiger partial charge on any atom is 0.0727 e. The standard InChI is InChI=1S/2C54H36N2S/c1-2-12-37(13-3-1)38-24-30-43(31-25-38)55(44-34-28-41(29-35-44)48-21-11-15-40-14-4-5-18-47(40)48)46-17-10-16-42(36-46)39-26-32-45(33-27-39)56-51-22-8-6-19-49(51)54-53(56)50-20-7-9-23-52(50)57-54;1-2-11-37(12-3-1)39-23-29-45(30-24-39)55(46-31-25-41(26-32-46)44-22-21-38-13-4-5-14-42(38)35-44)48-16-10-15-43(36-48)40-27-33-47(34-28-40)56-51-19-8-6-17-49(51)54-53(56)50-18-7-9-20-52(50)57-54/h2*1-36H. The number of aromatic nitrogens is 2. The summed E-state index contributed by atoms with van der Waals surface area (Å²) < 4.78 is 10.2. The molecule has 0 bridgehead atoms. The number of anilines is 6. The third-order valence-corrected chi connectivity index (χ3v) is 24.8. The van der Waals surface area contributed by atoms with Crippen LogP contribution < -0.4 is 9.80 Å². The Kier molecular flexibility index (Phi) is 17.3. The average Bonchev–Trinajstić information content (AvgIpc) is 1.57. The molecule has 0 amide bonds. The van der Waals surface area contributed by atoms with Crippen LogP contribution in [0, 0.1) is 0 Å². The van der Waals surface area contributed by atoms with E-state index in [0.717, 1.165) is 45.5 Å². The fraction of sp³-hybridized carbons (Fsp3) is 0. The quantitative estimate of drug-likeness (QED) is 0.108. The molecule has 0 aliphatic rings. The molecular weight excluding hydrogens is 1420 g/mol. The van der Waals surface area contributed by atoms with Gasteiger partial charge < -0.3 is 18.9 Å². The van der Waals surface area contributed by atoms with E-state index < -0.39 is 0 Å². The summed E-state index contributed by atoms with van der Waals surface area (Å²) >= 11 is 3.76. The average molecular weight is 1490 g/mol. The van der Waals surface area contributed by atoms with Crippen molar-refractivity contribution in [1.29, 1.82) is 0 Å². The zero-order valence-corrected chi connectivity index (χ0v) is 63.8. The van der Waals surface area contributed by atoms with Gasteiger partial charge in [-0.3, -0.25) is 0 Å². The first-order valence-electron chi connectivity index (χ1n) is 38.8. The van der Waals surface area contributed by atoms with Crippen LogP contribution in [-0.2, 0) is 0 Å². The van der Waals surface area contributed by atoms with Crippen molar-refractivity contribution in [3.05, 3.63) is 437 Å². The van der Waals surface area contributed by atoms with Gasteiger partial charge in [0.2, 0.25) is 0 Å². The van der Waals surface area contributed by atoms with E-state index in [0.29, 0.717) is 0 Å². The van der Waals surface area contributed by atoms with E-state index in [-0.39, 0.29) is 0 Å². The van der Waals surface area contributed by atoms with Crippen LogP contribution in [0.1, 0.15) is 0 Å². The van der Waals surface area contributed by atoms with Crippen molar-refractivity contribution in [2.24, 2.45) is 0 Å². The Balaban J connectivity index is 0.000000143. The highest BCUT2D eigenvalue weighted by Gasteiger charge is 2.22. The lowest BCUT2D eigenvalue weighted by Gasteiger charge is -2.26. The second-order valence-corrected chi connectivity index (χ2v) is 31.2. The van der Waals surface area contributed by atoms with Gasteiger partial charge in [0.1, 0.15) is 0 Å². The minimum Gasteiger partial charge on any atom is -0.310 e. The third-order valence-electron chi connectivity index (χ3n) is 22.4. The molecule has 114 heavy (non-hydrogen) atoms. The van der Waals surface area contributed by atoms with Crippen molar-refractivity contribution in [3.63, 3.8) is 0 Å². The van der Waals surface area contributed by atoms with E-state index >= 15 is 0 Å². The number of rotatable bonds is 14. The molecule has 6 heteroatoms. The maximum absolute atomic E-state index is 2.44. The lowest BCUT2D eigenvalue weighted by Crippen LogP contribution is -2.10. The van der Waals surface area contributed by atoms with Crippen LogP contribution in [0.25, 0.3) is 162 Å². The fourth-order valence-corrected chi connectivity index (χ4v) is 19.3. The predicted octanol–water partition coefficient (Wildman–Crippen LogP) is 31.2. The van der Waals surface area contributed by atoms with Crippen LogP contribution in [-0.4, -0.2) is 9.13 Å². The van der Waals surface area contributed by atoms with E-state index in [1.54, 1.807) is 0 Å². The first-order valence-corrected chi connectivity index (χ1v) is 40.5. The van der Waals surface area contributed by atoms with Crippen molar-refractivity contribution in [2.45, 2.75) is 0 Å². The number of fused-ring (bicyclic) bond motifs is 12. The van der Waals surface area contributed by atoms with Gasteiger partial charge in [0.25, 0.3) is 0 Å². The van der Waals surface area contributed by atoms with Gasteiger partial charge in [-0.15, -0.1) is 22.7 Å². The molecule has 0 aliphatic heterocycles. The van der Waals surface area contributed by atoms with E-state index in [1.165, 1.54) is 151 Å². The summed E-state index contributed by atoms with van der Waals surface area (Å²) in [6.07, 6.45) is 0. The molecule has 0 saturated carbocycles. The first kappa shape index (κ1) is 67.7. The van der Waals surface area contributed by atoms with Crippen LogP contribution in [0.2, 0.25) is 0 Å². The van der Waals surface area contributed by atoms with Gasteiger partial charge in [-0.05, 0) is 216 Å². The fourth-order valence-electron chi connectivity index (χ4n) is 16.8. The number of nitrogens with zero attached hydrogens (tertiary/aromatic N) is 4. The Labute approximate surface area is 669 Å². The monoisotopic (exact) mass is 1490 g/mol. The normalized spacial score (nSPS) is 11.5. The van der Waals surface area contributed by atoms with Crippen molar-refractivity contribution in [3.8, 4) is 78.1 Å². The SMILES string of the molecule is c1ccc(-c2ccc(N(c3ccc(-c4ccc5ccccc5c4)cc3)c3cccc(-c4ccc(-n5c6ccccc6c6sc7ccccc7c65)cc4)c3)cc2)cc1.c1ccc(-c2ccc(N(c3ccc(-c4cccc5ccccc45)cc3)c3cccc(-c4ccc(-n5c6ccccc6c6sc7ccccc7c65)cc4)c3)cc2)cc1. The second kappa shape index (κ2) is 29.1. The molecule has 18 aromatic carbocycles. The Morgan fingerprint density at radius 1 is 0.184 bits per heavy atom. The highest BCUT2D eigenvalue weighted by molar-refractivity contribution is 7.27. The lowest BCUT2D eigenvalue weighted by molar-refractivity contribution is 1.19. The molecule has 4 heterocycles. The van der Waals surface area contributed by atoms with Crippen molar-refractivity contribution in [1.82, 2.24) is 9.13 Å². The van der Waals surface area contributed by atoms with Gasteiger partial charge in [0, 0.05) is 76.4 Å². The summed E-state index contributed by atoms with van der Waals surface area (Å²) in [6, 6.07) is 158. The smallest absolute Gasteiger partial charge is 0.0727 e. The molecule has 22 rings (SSSR count). The largest absolute Gasteiger partial charge is 0.310 e. The summed E-state index contributed by atoms with van der Waals surface area (Å²) in [5, 5.41) is 10.2. The Morgan fingerprint density at radius 3 is 0.965 bits per heavy atom. The number of thiophene rings is 2. The molecule has 0 spiro atoms. The molecule has 4 aromatic heterocycles. The molecule has 0 N–H and O–H groups in total. The van der Waals surface area contributed by atoms with Crippen molar-refractivity contribution in [2.75, 3.05) is 9.80 Å². The highest BCUT2D eigenvalue weighted by Crippen LogP contribution is 2.47. The molecular formula is C108H72N4S2. The Bertz CT molecular complexity index is 7280. The molecule has 0 radical (unpaired) electrons. The highest BCUT2D eigenvalue weighted by atomic mass is 32.1. The van der Waals surface area contributed by atoms with Gasteiger partial charge in [-0.1, -0.05) is 309 Å². The number of para-hydroxylation sites is 2.